The molecule has 21 heavy (non-hydrogen) atoms. The molecule has 0 atom stereocenters. The van der Waals surface area contributed by atoms with Crippen LogP contribution >= 0.6 is 0 Å². The van der Waals surface area contributed by atoms with Gasteiger partial charge in [0, 0.05) is 26.1 Å². The van der Waals surface area contributed by atoms with E-state index in [9.17, 15) is 14.9 Å². The van der Waals surface area contributed by atoms with Crippen molar-refractivity contribution in [1.29, 1.82) is 0 Å². The van der Waals surface area contributed by atoms with Crippen molar-refractivity contribution in [3.05, 3.63) is 22.2 Å². The molecule has 0 spiro atoms. The minimum Gasteiger partial charge on any atom is -0.383 e. The summed E-state index contributed by atoms with van der Waals surface area (Å²) in [6.45, 7) is 2.02. The number of nitrogens with two attached hydrogens (primary N) is 1. The number of nitrogens with one attached hydrogen (secondary N) is 1. The van der Waals surface area contributed by atoms with Crippen LogP contribution in [-0.4, -0.2) is 40.3 Å². The van der Waals surface area contributed by atoms with Crippen LogP contribution in [0.2, 0.25) is 0 Å². The normalized spacial score (nSPS) is 14.8. The Morgan fingerprint density at radius 3 is 2.76 bits per heavy atom. The first-order valence-corrected chi connectivity index (χ1v) is 7.00. The number of pyridine rings is 1. The van der Waals surface area contributed by atoms with E-state index in [-0.39, 0.29) is 17.4 Å². The van der Waals surface area contributed by atoms with Crippen molar-refractivity contribution < 1.29 is 9.72 Å². The van der Waals surface area contributed by atoms with Crippen LogP contribution < -0.4 is 11.1 Å². The van der Waals surface area contributed by atoms with Crippen LogP contribution in [0.15, 0.2) is 12.1 Å². The fraction of sp³-hybridized carbons (Fsp3) is 0.538. The molecule has 0 aliphatic carbocycles. The third kappa shape index (κ3) is 4.30. The van der Waals surface area contributed by atoms with Gasteiger partial charge in [0.2, 0.25) is 5.91 Å². The highest BCUT2D eigenvalue weighted by Crippen LogP contribution is 2.18. The Morgan fingerprint density at radius 2 is 2.10 bits per heavy atom. The number of amides is 1. The molecule has 0 bridgehead atoms. The van der Waals surface area contributed by atoms with Crippen molar-refractivity contribution in [3.63, 3.8) is 0 Å². The summed E-state index contributed by atoms with van der Waals surface area (Å²) in [5, 5.41) is 13.6. The summed E-state index contributed by atoms with van der Waals surface area (Å²) in [7, 11) is 0. The quantitative estimate of drug-likeness (QED) is 0.626. The second-order valence-electron chi connectivity index (χ2n) is 5.01. The Morgan fingerprint density at radius 1 is 1.38 bits per heavy atom. The van der Waals surface area contributed by atoms with E-state index >= 15 is 0 Å². The average Bonchev–Trinajstić information content (AvgIpc) is 2.47. The van der Waals surface area contributed by atoms with Gasteiger partial charge >= 0.3 is 0 Å². The van der Waals surface area contributed by atoms with Gasteiger partial charge in [-0.05, 0) is 19.3 Å². The molecule has 1 aliphatic rings. The highest BCUT2D eigenvalue weighted by molar-refractivity contribution is 5.76. The molecule has 0 aromatic carbocycles. The van der Waals surface area contributed by atoms with Crippen molar-refractivity contribution in [3.8, 4) is 0 Å². The number of carbonyl (C=O) groups is 1. The van der Waals surface area contributed by atoms with E-state index in [1.165, 1.54) is 18.6 Å². The third-order valence-electron chi connectivity index (χ3n) is 3.39. The van der Waals surface area contributed by atoms with Crippen LogP contribution in [0.5, 0.6) is 0 Å². The van der Waals surface area contributed by atoms with E-state index in [2.05, 4.69) is 10.3 Å². The van der Waals surface area contributed by atoms with Crippen LogP contribution in [-0.2, 0) is 4.79 Å². The Bertz CT molecular complexity index is 529. The second kappa shape index (κ2) is 6.87. The van der Waals surface area contributed by atoms with E-state index in [0.29, 0.717) is 18.8 Å². The number of rotatable bonds is 5. The highest BCUT2D eigenvalue weighted by atomic mass is 16.6. The smallest absolute Gasteiger partial charge is 0.276 e. The first-order valence-electron chi connectivity index (χ1n) is 7.00. The number of carbonyl (C=O) groups excluding carboxylic acids is 1. The van der Waals surface area contributed by atoms with Gasteiger partial charge in [-0.2, -0.15) is 0 Å². The molecule has 2 heterocycles. The molecule has 114 valence electrons. The molecule has 1 aromatic rings. The zero-order chi connectivity index (χ0) is 15.2. The minimum atomic E-state index is -0.526. The zero-order valence-corrected chi connectivity index (χ0v) is 11.7. The maximum Gasteiger partial charge on any atom is 0.276 e. The molecule has 8 nitrogen and oxygen atoms in total. The second-order valence-corrected chi connectivity index (χ2v) is 5.01. The van der Waals surface area contributed by atoms with E-state index in [4.69, 9.17) is 5.73 Å². The minimum absolute atomic E-state index is 0.0778. The largest absolute Gasteiger partial charge is 0.383 e. The van der Waals surface area contributed by atoms with Gasteiger partial charge in [-0.3, -0.25) is 14.9 Å². The highest BCUT2D eigenvalue weighted by Gasteiger charge is 2.16. The molecule has 2 rings (SSSR count). The molecule has 1 amide bonds. The van der Waals surface area contributed by atoms with E-state index in [1.54, 1.807) is 0 Å². The Hall–Kier alpha value is -2.38. The van der Waals surface area contributed by atoms with Crippen molar-refractivity contribution in [1.82, 2.24) is 9.88 Å². The topological polar surface area (TPSA) is 114 Å². The van der Waals surface area contributed by atoms with Gasteiger partial charge < -0.3 is 16.0 Å². The monoisotopic (exact) mass is 293 g/mol. The number of nitro groups is 1. The van der Waals surface area contributed by atoms with E-state index < -0.39 is 4.92 Å². The van der Waals surface area contributed by atoms with Crippen LogP contribution in [0.1, 0.15) is 25.7 Å². The molecule has 0 unspecified atom stereocenters. The van der Waals surface area contributed by atoms with Gasteiger partial charge in [0.15, 0.2) is 0 Å². The molecule has 0 radical (unpaired) electrons. The summed E-state index contributed by atoms with van der Waals surface area (Å²) in [5.41, 5.74) is 5.40. The third-order valence-corrected chi connectivity index (χ3v) is 3.39. The Kier molecular flexibility index (Phi) is 4.91. The van der Waals surface area contributed by atoms with Gasteiger partial charge in [0.05, 0.1) is 17.1 Å². The number of hydrogen-bond acceptors (Lipinski definition) is 6. The molecule has 1 saturated heterocycles. The number of piperidine rings is 1. The fourth-order valence-electron chi connectivity index (χ4n) is 2.33. The standard InChI is InChI=1S/C13H19N5O3/c14-11-8-10(18(20)21)9-12(16-11)15-5-4-13(19)17-6-2-1-3-7-17/h8-9H,1-7H2,(H3,14,15,16). The molecule has 0 saturated carbocycles. The van der Waals surface area contributed by atoms with Crippen molar-refractivity contribution in [2.45, 2.75) is 25.7 Å². The van der Waals surface area contributed by atoms with Crippen LogP contribution in [0.3, 0.4) is 0 Å². The predicted molar refractivity (Wildman–Crippen MR) is 78.8 cm³/mol. The number of aromatic nitrogens is 1. The first kappa shape index (κ1) is 15.0. The van der Waals surface area contributed by atoms with E-state index in [1.807, 2.05) is 4.90 Å². The summed E-state index contributed by atoms with van der Waals surface area (Å²) < 4.78 is 0. The van der Waals surface area contributed by atoms with Crippen LogP contribution in [0.25, 0.3) is 0 Å². The Balaban J connectivity index is 1.85. The summed E-state index contributed by atoms with van der Waals surface area (Å²) >= 11 is 0. The summed E-state index contributed by atoms with van der Waals surface area (Å²) in [6.07, 6.45) is 3.63. The summed E-state index contributed by atoms with van der Waals surface area (Å²) in [5.74, 6) is 0.489. The molecule has 1 aromatic heterocycles. The number of anilines is 2. The molecular weight excluding hydrogens is 274 g/mol. The Labute approximate surface area is 122 Å². The lowest BCUT2D eigenvalue weighted by Crippen LogP contribution is -2.36. The van der Waals surface area contributed by atoms with Gasteiger partial charge in [0.1, 0.15) is 11.6 Å². The average molecular weight is 293 g/mol. The molecular formula is C13H19N5O3. The van der Waals surface area contributed by atoms with Gasteiger partial charge in [-0.25, -0.2) is 4.98 Å². The SMILES string of the molecule is Nc1cc([N+](=O)[O-])cc(NCCC(=O)N2CCCCC2)n1. The predicted octanol–water partition coefficient (Wildman–Crippen LogP) is 1.39. The van der Waals surface area contributed by atoms with Gasteiger partial charge in [-0.1, -0.05) is 0 Å². The molecule has 3 N–H and O–H groups in total. The zero-order valence-electron chi connectivity index (χ0n) is 11.7. The molecule has 1 aliphatic heterocycles. The van der Waals surface area contributed by atoms with Gasteiger partial charge in [0.25, 0.3) is 5.69 Å². The summed E-state index contributed by atoms with van der Waals surface area (Å²) in [4.78, 5) is 28.0. The fourth-order valence-corrected chi connectivity index (χ4v) is 2.33. The lowest BCUT2D eigenvalue weighted by Gasteiger charge is -2.26. The first-order chi connectivity index (χ1) is 10.1. The van der Waals surface area contributed by atoms with Crippen molar-refractivity contribution in [2.24, 2.45) is 0 Å². The summed E-state index contributed by atoms with van der Waals surface area (Å²) in [6, 6.07) is 2.51. The van der Waals surface area contributed by atoms with Crippen molar-refractivity contribution in [2.75, 3.05) is 30.7 Å². The molecule has 1 fully saturated rings. The number of likely N-dealkylation sites (tertiary alicyclic amines) is 1. The van der Waals surface area contributed by atoms with Crippen molar-refractivity contribution >= 4 is 23.2 Å². The van der Waals surface area contributed by atoms with Crippen LogP contribution in [0, 0.1) is 10.1 Å². The number of hydrogen-bond donors (Lipinski definition) is 2. The number of nitrogen functional groups attached to an aromatic ring is 1. The maximum atomic E-state index is 12.0. The molecule has 8 heteroatoms. The van der Waals surface area contributed by atoms with Crippen LogP contribution in [0.4, 0.5) is 17.3 Å². The van der Waals surface area contributed by atoms with E-state index in [0.717, 1.165) is 25.9 Å². The maximum absolute atomic E-state index is 12.0. The van der Waals surface area contributed by atoms with Gasteiger partial charge in [-0.15, -0.1) is 0 Å². The lowest BCUT2D eigenvalue weighted by molar-refractivity contribution is -0.384. The lowest BCUT2D eigenvalue weighted by atomic mass is 10.1. The number of nitrogens with zero attached hydrogens (tertiary/aromatic N) is 3.